The van der Waals surface area contributed by atoms with E-state index in [4.69, 9.17) is 18.9 Å². The van der Waals surface area contributed by atoms with Crippen molar-refractivity contribution in [2.45, 2.75) is 66.5 Å². The summed E-state index contributed by atoms with van der Waals surface area (Å²) in [5, 5.41) is 0. The summed E-state index contributed by atoms with van der Waals surface area (Å²) in [5.41, 5.74) is 0. The van der Waals surface area contributed by atoms with Crippen molar-refractivity contribution in [1.82, 2.24) is 0 Å². The molecule has 1 rings (SSSR count). The first kappa shape index (κ1) is 19.9. The fourth-order valence-corrected chi connectivity index (χ4v) is 2.76. The molecule has 0 N–H and O–H groups in total. The minimum atomic E-state index is -0.425. The molecule has 6 heteroatoms. The summed E-state index contributed by atoms with van der Waals surface area (Å²) in [7, 11) is 0. The van der Waals surface area contributed by atoms with Gasteiger partial charge in [-0.15, -0.1) is 0 Å². The average molecular weight is 330 g/mol. The highest BCUT2D eigenvalue weighted by atomic mass is 16.7. The lowest BCUT2D eigenvalue weighted by atomic mass is 9.79. The molecule has 1 fully saturated rings. The summed E-state index contributed by atoms with van der Waals surface area (Å²) < 4.78 is 21.9. The molecule has 1 aliphatic rings. The topological polar surface area (TPSA) is 71.1 Å². The van der Waals surface area contributed by atoms with E-state index in [1.54, 1.807) is 6.92 Å². The van der Waals surface area contributed by atoms with Gasteiger partial charge in [-0.3, -0.25) is 9.59 Å². The molecule has 6 nitrogen and oxygen atoms in total. The molecule has 4 unspecified atom stereocenters. The summed E-state index contributed by atoms with van der Waals surface area (Å²) in [6, 6.07) is 0. The van der Waals surface area contributed by atoms with Crippen LogP contribution < -0.4 is 0 Å². The summed E-state index contributed by atoms with van der Waals surface area (Å²) in [6.07, 6.45) is -0.730. The van der Waals surface area contributed by atoms with Crippen molar-refractivity contribution < 1.29 is 28.5 Å². The third kappa shape index (κ3) is 6.11. The molecule has 0 aliphatic carbocycles. The van der Waals surface area contributed by atoms with Crippen LogP contribution in [0.5, 0.6) is 0 Å². The lowest BCUT2D eigenvalue weighted by Crippen LogP contribution is -2.48. The summed E-state index contributed by atoms with van der Waals surface area (Å²) in [6.45, 7) is 11.9. The van der Waals surface area contributed by atoms with E-state index in [1.165, 1.54) is 6.92 Å². The van der Waals surface area contributed by atoms with Crippen LogP contribution in [0.1, 0.15) is 48.0 Å². The Morgan fingerprint density at radius 2 is 1.74 bits per heavy atom. The van der Waals surface area contributed by atoms with E-state index in [-0.39, 0.29) is 49.0 Å². The fourth-order valence-electron chi connectivity index (χ4n) is 2.76. The zero-order valence-electron chi connectivity index (χ0n) is 15.0. The lowest BCUT2D eigenvalue weighted by Gasteiger charge is -2.43. The first-order valence-electron chi connectivity index (χ1n) is 8.36. The van der Waals surface area contributed by atoms with Gasteiger partial charge in [-0.2, -0.15) is 0 Å². The number of carbonyl (C=O) groups excluding carboxylic acids is 2. The Hall–Kier alpha value is -1.14. The van der Waals surface area contributed by atoms with Crippen molar-refractivity contribution in [1.29, 1.82) is 0 Å². The van der Waals surface area contributed by atoms with Crippen LogP contribution in [-0.2, 0) is 28.5 Å². The lowest BCUT2D eigenvalue weighted by molar-refractivity contribution is -0.268. The SMILES string of the molecule is CCOC(=O)CC(C)OC1OC(COC(C)=O)[C@@H](C)[C@H](C)C1C. The molecule has 0 saturated carbocycles. The number of carbonyl (C=O) groups is 2. The Morgan fingerprint density at radius 1 is 1.09 bits per heavy atom. The smallest absolute Gasteiger partial charge is 0.308 e. The molecular formula is C17H30O6. The summed E-state index contributed by atoms with van der Waals surface area (Å²) >= 11 is 0. The van der Waals surface area contributed by atoms with Gasteiger partial charge in [0, 0.05) is 12.8 Å². The first-order chi connectivity index (χ1) is 10.8. The molecule has 134 valence electrons. The highest BCUT2D eigenvalue weighted by Crippen LogP contribution is 2.36. The van der Waals surface area contributed by atoms with Gasteiger partial charge in [0.1, 0.15) is 6.61 Å². The van der Waals surface area contributed by atoms with E-state index in [9.17, 15) is 9.59 Å². The van der Waals surface area contributed by atoms with Gasteiger partial charge in [-0.25, -0.2) is 0 Å². The molecule has 6 atom stereocenters. The Balaban J connectivity index is 2.61. The minimum Gasteiger partial charge on any atom is -0.466 e. The van der Waals surface area contributed by atoms with Crippen LogP contribution in [0.25, 0.3) is 0 Å². The number of hydrogen-bond acceptors (Lipinski definition) is 6. The largest absolute Gasteiger partial charge is 0.466 e. The van der Waals surface area contributed by atoms with Crippen molar-refractivity contribution in [3.05, 3.63) is 0 Å². The van der Waals surface area contributed by atoms with Crippen molar-refractivity contribution in [2.75, 3.05) is 13.2 Å². The van der Waals surface area contributed by atoms with Crippen molar-refractivity contribution >= 4 is 11.9 Å². The molecule has 1 heterocycles. The maximum Gasteiger partial charge on any atom is 0.308 e. The highest BCUT2D eigenvalue weighted by Gasteiger charge is 2.40. The normalized spacial score (nSPS) is 32.2. The molecule has 0 aromatic heterocycles. The van der Waals surface area contributed by atoms with Crippen LogP contribution in [-0.4, -0.2) is 43.7 Å². The molecule has 0 amide bonds. The maximum atomic E-state index is 11.5. The van der Waals surface area contributed by atoms with Crippen LogP contribution in [0.4, 0.5) is 0 Å². The van der Waals surface area contributed by atoms with Crippen LogP contribution in [0, 0.1) is 17.8 Å². The molecular weight excluding hydrogens is 300 g/mol. The molecule has 0 aromatic rings. The monoisotopic (exact) mass is 330 g/mol. The van der Waals surface area contributed by atoms with Gasteiger partial charge in [0.05, 0.1) is 25.2 Å². The van der Waals surface area contributed by atoms with E-state index in [0.717, 1.165) is 0 Å². The summed E-state index contributed by atoms with van der Waals surface area (Å²) in [5.74, 6) is 0.193. The van der Waals surface area contributed by atoms with Crippen LogP contribution in [0.2, 0.25) is 0 Å². The standard InChI is InChI=1S/C17H30O6/c1-7-20-16(19)8-10(2)22-17-13(5)11(3)12(4)15(23-17)9-21-14(6)18/h10-13,15,17H,7-9H2,1-6H3/t10?,11-,12-,13?,15?,17?/m0/s1. The van der Waals surface area contributed by atoms with Gasteiger partial charge in [0.2, 0.25) is 0 Å². The zero-order valence-corrected chi connectivity index (χ0v) is 15.0. The van der Waals surface area contributed by atoms with Crippen LogP contribution >= 0.6 is 0 Å². The Labute approximate surface area is 138 Å². The first-order valence-corrected chi connectivity index (χ1v) is 8.36. The molecule has 0 radical (unpaired) electrons. The van der Waals surface area contributed by atoms with Crippen LogP contribution in [0.3, 0.4) is 0 Å². The van der Waals surface area contributed by atoms with Crippen LogP contribution in [0.15, 0.2) is 0 Å². The molecule has 0 aromatic carbocycles. The quantitative estimate of drug-likeness (QED) is 0.668. The number of hydrogen-bond donors (Lipinski definition) is 0. The average Bonchev–Trinajstić information content (AvgIpc) is 2.46. The Bertz CT molecular complexity index is 397. The van der Waals surface area contributed by atoms with E-state index in [1.807, 2.05) is 6.92 Å². The Morgan fingerprint density at radius 3 is 2.30 bits per heavy atom. The molecule has 23 heavy (non-hydrogen) atoms. The number of rotatable bonds is 7. The second-order valence-electron chi connectivity index (χ2n) is 6.38. The van der Waals surface area contributed by atoms with Gasteiger partial charge in [-0.05, 0) is 25.7 Å². The minimum absolute atomic E-state index is 0.184. The van der Waals surface area contributed by atoms with Gasteiger partial charge < -0.3 is 18.9 Å². The van der Waals surface area contributed by atoms with E-state index >= 15 is 0 Å². The predicted molar refractivity (Wildman–Crippen MR) is 84.6 cm³/mol. The molecule has 0 spiro atoms. The third-order valence-corrected chi connectivity index (χ3v) is 4.56. The van der Waals surface area contributed by atoms with Gasteiger partial charge in [-0.1, -0.05) is 20.8 Å². The fraction of sp³-hybridized carbons (Fsp3) is 0.882. The van der Waals surface area contributed by atoms with Crippen molar-refractivity contribution in [3.8, 4) is 0 Å². The van der Waals surface area contributed by atoms with E-state index < -0.39 is 6.29 Å². The highest BCUT2D eigenvalue weighted by molar-refractivity contribution is 5.69. The van der Waals surface area contributed by atoms with Gasteiger partial charge >= 0.3 is 11.9 Å². The van der Waals surface area contributed by atoms with Crippen molar-refractivity contribution in [2.24, 2.45) is 17.8 Å². The second kappa shape index (κ2) is 9.23. The molecule has 1 aliphatic heterocycles. The number of ether oxygens (including phenoxy) is 4. The van der Waals surface area contributed by atoms with E-state index in [2.05, 4.69) is 20.8 Å². The summed E-state index contributed by atoms with van der Waals surface area (Å²) in [4.78, 5) is 22.6. The third-order valence-electron chi connectivity index (χ3n) is 4.56. The predicted octanol–water partition coefficient (Wildman–Crippen LogP) is 2.54. The van der Waals surface area contributed by atoms with Gasteiger partial charge in [0.25, 0.3) is 0 Å². The maximum absolute atomic E-state index is 11.5. The number of esters is 2. The second-order valence-corrected chi connectivity index (χ2v) is 6.38. The molecule has 0 bridgehead atoms. The molecule has 1 saturated heterocycles. The zero-order chi connectivity index (χ0) is 17.6. The van der Waals surface area contributed by atoms with E-state index in [0.29, 0.717) is 12.5 Å². The Kier molecular flexibility index (Phi) is 7.99. The van der Waals surface area contributed by atoms with Crippen molar-refractivity contribution in [3.63, 3.8) is 0 Å². The van der Waals surface area contributed by atoms with Gasteiger partial charge in [0.15, 0.2) is 6.29 Å².